The number of nitrogens with zero attached hydrogens (tertiary/aromatic N) is 1. The molecule has 0 aromatic heterocycles. The van der Waals surface area contributed by atoms with Gasteiger partial charge in [-0.2, -0.15) is 0 Å². The summed E-state index contributed by atoms with van der Waals surface area (Å²) in [6.07, 6.45) is 2.10. The number of hydrogen-bond acceptors (Lipinski definition) is 1. The highest BCUT2D eigenvalue weighted by Crippen LogP contribution is 2.34. The zero-order valence-electron chi connectivity index (χ0n) is 8.96. The second-order valence-electron chi connectivity index (χ2n) is 4.13. The molecule has 0 atom stereocenters. The molecule has 1 aromatic carbocycles. The summed E-state index contributed by atoms with van der Waals surface area (Å²) in [5.41, 5.74) is 2.15. The molecule has 3 heteroatoms. The molecular formula is C12H14BrNO. The lowest BCUT2D eigenvalue weighted by atomic mass is 10.2. The van der Waals surface area contributed by atoms with Gasteiger partial charge in [0.2, 0.25) is 5.91 Å². The Morgan fingerprint density at radius 3 is 2.67 bits per heavy atom. The summed E-state index contributed by atoms with van der Waals surface area (Å²) >= 11 is 3.49. The maximum Gasteiger partial charge on any atom is 0.229 e. The maximum absolute atomic E-state index is 11.8. The second kappa shape index (κ2) is 3.97. The van der Waals surface area contributed by atoms with Crippen LogP contribution < -0.4 is 4.90 Å². The van der Waals surface area contributed by atoms with Crippen LogP contribution in [0.1, 0.15) is 18.4 Å². The fourth-order valence-corrected chi connectivity index (χ4v) is 2.37. The van der Waals surface area contributed by atoms with Crippen molar-refractivity contribution in [2.24, 2.45) is 5.92 Å². The Labute approximate surface area is 98.4 Å². The smallest absolute Gasteiger partial charge is 0.229 e. The molecule has 2 nitrogen and oxygen atoms in total. The Morgan fingerprint density at radius 1 is 1.47 bits per heavy atom. The summed E-state index contributed by atoms with van der Waals surface area (Å²) in [6, 6.07) is 6.04. The Bertz CT molecular complexity index is 399. The number of halogens is 1. The zero-order chi connectivity index (χ0) is 11.0. The van der Waals surface area contributed by atoms with Crippen LogP contribution in [0, 0.1) is 12.8 Å². The molecule has 1 aromatic rings. The number of carbonyl (C=O) groups is 1. The third kappa shape index (κ3) is 2.23. The first kappa shape index (κ1) is 10.7. The molecule has 0 heterocycles. The first-order valence-electron chi connectivity index (χ1n) is 5.13. The van der Waals surface area contributed by atoms with Crippen molar-refractivity contribution >= 4 is 27.5 Å². The maximum atomic E-state index is 11.8. The van der Waals surface area contributed by atoms with Crippen LogP contribution in [0.25, 0.3) is 0 Å². The van der Waals surface area contributed by atoms with Crippen LogP contribution in [-0.2, 0) is 4.79 Å². The van der Waals surface area contributed by atoms with Crippen LogP contribution in [0.4, 0.5) is 5.69 Å². The van der Waals surface area contributed by atoms with Crippen molar-refractivity contribution in [3.63, 3.8) is 0 Å². The van der Waals surface area contributed by atoms with Crippen molar-refractivity contribution in [1.82, 2.24) is 0 Å². The number of amides is 1. The average molecular weight is 268 g/mol. The summed E-state index contributed by atoms with van der Waals surface area (Å²) in [6.45, 7) is 2.04. The monoisotopic (exact) mass is 267 g/mol. The van der Waals surface area contributed by atoms with Crippen molar-refractivity contribution in [2.75, 3.05) is 11.9 Å². The molecule has 1 aliphatic rings. The third-order valence-corrected chi connectivity index (χ3v) is 3.36. The van der Waals surface area contributed by atoms with E-state index in [4.69, 9.17) is 0 Å². The van der Waals surface area contributed by atoms with Crippen molar-refractivity contribution < 1.29 is 4.79 Å². The summed E-state index contributed by atoms with van der Waals surface area (Å²) in [7, 11) is 1.84. The fourth-order valence-electron chi connectivity index (χ4n) is 1.61. The molecule has 2 rings (SSSR count). The first-order valence-corrected chi connectivity index (χ1v) is 5.92. The lowest BCUT2D eigenvalue weighted by molar-refractivity contribution is -0.119. The summed E-state index contributed by atoms with van der Waals surface area (Å²) in [5.74, 6) is 0.503. The largest absolute Gasteiger partial charge is 0.314 e. The molecule has 15 heavy (non-hydrogen) atoms. The van der Waals surface area contributed by atoms with Crippen molar-refractivity contribution in [3.8, 4) is 0 Å². The van der Waals surface area contributed by atoms with Crippen LogP contribution in [-0.4, -0.2) is 13.0 Å². The van der Waals surface area contributed by atoms with E-state index in [1.807, 2.05) is 32.2 Å². The molecule has 80 valence electrons. The molecule has 1 aliphatic carbocycles. The van der Waals surface area contributed by atoms with Crippen LogP contribution in [0.15, 0.2) is 22.7 Å². The topological polar surface area (TPSA) is 20.3 Å². The molecule has 1 amide bonds. The fraction of sp³-hybridized carbons (Fsp3) is 0.417. The number of rotatable bonds is 2. The summed E-state index contributed by atoms with van der Waals surface area (Å²) in [4.78, 5) is 13.6. The highest BCUT2D eigenvalue weighted by atomic mass is 79.9. The minimum atomic E-state index is 0.236. The van der Waals surface area contributed by atoms with Crippen LogP contribution in [0.5, 0.6) is 0 Å². The molecule has 0 radical (unpaired) electrons. The van der Waals surface area contributed by atoms with E-state index in [1.165, 1.54) is 5.56 Å². The standard InChI is InChI=1S/C12H14BrNO/c1-8-3-6-11(10(13)7-8)14(2)12(15)9-4-5-9/h3,6-7,9H,4-5H2,1-2H3. The molecule has 1 fully saturated rings. The normalized spacial score (nSPS) is 15.1. The van der Waals surface area contributed by atoms with E-state index in [0.717, 1.165) is 23.0 Å². The van der Waals surface area contributed by atoms with E-state index in [-0.39, 0.29) is 11.8 Å². The summed E-state index contributed by atoms with van der Waals surface area (Å²) < 4.78 is 0.985. The molecule has 0 N–H and O–H groups in total. The van der Waals surface area contributed by atoms with Gasteiger partial charge in [-0.05, 0) is 53.4 Å². The van der Waals surface area contributed by atoms with Gasteiger partial charge in [0.05, 0.1) is 5.69 Å². The van der Waals surface area contributed by atoms with Gasteiger partial charge in [0.1, 0.15) is 0 Å². The average Bonchev–Trinajstić information content (AvgIpc) is 2.99. The zero-order valence-corrected chi connectivity index (χ0v) is 10.5. The van der Waals surface area contributed by atoms with Crippen LogP contribution in [0.2, 0.25) is 0 Å². The van der Waals surface area contributed by atoms with Gasteiger partial charge in [-0.15, -0.1) is 0 Å². The van der Waals surface area contributed by atoms with Gasteiger partial charge in [0, 0.05) is 17.4 Å². The second-order valence-corrected chi connectivity index (χ2v) is 4.98. The van der Waals surface area contributed by atoms with Gasteiger partial charge in [0.25, 0.3) is 0 Å². The molecule has 0 saturated heterocycles. The van der Waals surface area contributed by atoms with E-state index in [9.17, 15) is 4.79 Å². The predicted octanol–water partition coefficient (Wildman–Crippen LogP) is 3.13. The number of benzene rings is 1. The Balaban J connectivity index is 2.24. The lowest BCUT2D eigenvalue weighted by Gasteiger charge is -2.18. The van der Waals surface area contributed by atoms with E-state index in [1.54, 1.807) is 4.90 Å². The Morgan fingerprint density at radius 2 is 2.13 bits per heavy atom. The van der Waals surface area contributed by atoms with E-state index < -0.39 is 0 Å². The molecule has 0 spiro atoms. The van der Waals surface area contributed by atoms with Gasteiger partial charge in [-0.3, -0.25) is 4.79 Å². The van der Waals surface area contributed by atoms with Crippen LogP contribution in [0.3, 0.4) is 0 Å². The highest BCUT2D eigenvalue weighted by molar-refractivity contribution is 9.10. The molecular weight excluding hydrogens is 254 g/mol. The molecule has 0 bridgehead atoms. The van der Waals surface area contributed by atoms with Crippen molar-refractivity contribution in [2.45, 2.75) is 19.8 Å². The van der Waals surface area contributed by atoms with Gasteiger partial charge in [-0.25, -0.2) is 0 Å². The molecule has 1 saturated carbocycles. The van der Waals surface area contributed by atoms with Crippen molar-refractivity contribution in [1.29, 1.82) is 0 Å². The van der Waals surface area contributed by atoms with E-state index in [2.05, 4.69) is 15.9 Å². The van der Waals surface area contributed by atoms with Crippen LogP contribution >= 0.6 is 15.9 Å². The van der Waals surface area contributed by atoms with Crippen molar-refractivity contribution in [3.05, 3.63) is 28.2 Å². The van der Waals surface area contributed by atoms with Gasteiger partial charge >= 0.3 is 0 Å². The highest BCUT2D eigenvalue weighted by Gasteiger charge is 2.32. The minimum Gasteiger partial charge on any atom is -0.314 e. The Hall–Kier alpha value is -0.830. The summed E-state index contributed by atoms with van der Waals surface area (Å²) in [5, 5.41) is 0. The predicted molar refractivity (Wildman–Crippen MR) is 65.0 cm³/mol. The number of carbonyl (C=O) groups excluding carboxylic acids is 1. The quantitative estimate of drug-likeness (QED) is 0.807. The Kier molecular flexibility index (Phi) is 2.83. The van der Waals surface area contributed by atoms with Gasteiger partial charge in [-0.1, -0.05) is 6.07 Å². The van der Waals surface area contributed by atoms with Gasteiger partial charge < -0.3 is 4.90 Å². The van der Waals surface area contributed by atoms with E-state index in [0.29, 0.717) is 0 Å². The number of anilines is 1. The lowest BCUT2D eigenvalue weighted by Crippen LogP contribution is -2.27. The number of hydrogen-bond donors (Lipinski definition) is 0. The molecule has 0 unspecified atom stereocenters. The number of aryl methyl sites for hydroxylation is 1. The SMILES string of the molecule is Cc1ccc(N(C)C(=O)C2CC2)c(Br)c1. The third-order valence-electron chi connectivity index (χ3n) is 2.72. The van der Waals surface area contributed by atoms with Gasteiger partial charge in [0.15, 0.2) is 0 Å². The van der Waals surface area contributed by atoms with E-state index >= 15 is 0 Å². The minimum absolute atomic E-state index is 0.236. The first-order chi connectivity index (χ1) is 7.09. The molecule has 0 aliphatic heterocycles.